The molecule has 1 unspecified atom stereocenters. The van der Waals surface area contributed by atoms with Crippen LogP contribution in [0.3, 0.4) is 0 Å². The third-order valence-electron chi connectivity index (χ3n) is 2.61. The number of rotatable bonds is 4. The first kappa shape index (κ1) is 14.6. The number of nitrogens with two attached hydrogens (primary N) is 1. The molecule has 1 heterocycles. The van der Waals surface area contributed by atoms with E-state index in [9.17, 15) is 14.9 Å². The zero-order valence-electron chi connectivity index (χ0n) is 10.6. The molecule has 1 aromatic heterocycles. The topological polar surface area (TPSA) is 98.3 Å². The molecule has 0 bridgehead atoms. The highest BCUT2D eigenvalue weighted by Crippen LogP contribution is 2.23. The van der Waals surface area contributed by atoms with Gasteiger partial charge in [0.25, 0.3) is 5.91 Å². The zero-order chi connectivity index (χ0) is 13.9. The second kappa shape index (κ2) is 5.45. The number of hydrogen-bond acceptors (Lipinski definition) is 5. The summed E-state index contributed by atoms with van der Waals surface area (Å²) in [5.41, 5.74) is 5.76. The molecule has 0 saturated heterocycles. The zero-order valence-corrected chi connectivity index (χ0v) is 11.4. The van der Waals surface area contributed by atoms with Gasteiger partial charge in [0.1, 0.15) is 0 Å². The molecule has 1 aromatic rings. The summed E-state index contributed by atoms with van der Waals surface area (Å²) in [5, 5.41) is 14.8. The number of carbonyl (C=O) groups excluding carboxylic acids is 1. The Hall–Kier alpha value is -1.47. The van der Waals surface area contributed by atoms with Crippen LogP contribution in [0.5, 0.6) is 0 Å². The molecule has 0 fully saturated rings. The molecule has 0 aromatic carbocycles. The normalized spacial score (nSPS) is 13.1. The van der Waals surface area contributed by atoms with Crippen molar-refractivity contribution in [1.82, 2.24) is 5.32 Å². The largest absolute Gasteiger partial charge is 0.347 e. The summed E-state index contributed by atoms with van der Waals surface area (Å²) in [6, 6.07) is 1.10. The van der Waals surface area contributed by atoms with Crippen molar-refractivity contribution in [3.63, 3.8) is 0 Å². The first-order valence-corrected chi connectivity index (χ1v) is 6.37. The van der Waals surface area contributed by atoms with Crippen LogP contribution in [0.2, 0.25) is 0 Å². The minimum absolute atomic E-state index is 0.0415. The van der Waals surface area contributed by atoms with E-state index < -0.39 is 4.92 Å². The number of nitrogens with zero attached hydrogens (tertiary/aromatic N) is 1. The van der Waals surface area contributed by atoms with Crippen molar-refractivity contribution in [2.24, 2.45) is 11.1 Å². The maximum absolute atomic E-state index is 11.9. The van der Waals surface area contributed by atoms with Crippen LogP contribution in [0, 0.1) is 15.5 Å². The third-order valence-corrected chi connectivity index (χ3v) is 3.49. The van der Waals surface area contributed by atoms with Crippen molar-refractivity contribution in [3.8, 4) is 0 Å². The van der Waals surface area contributed by atoms with Gasteiger partial charge in [-0.3, -0.25) is 14.9 Å². The smallest absolute Gasteiger partial charge is 0.324 e. The van der Waals surface area contributed by atoms with Crippen LogP contribution in [0.4, 0.5) is 5.00 Å². The van der Waals surface area contributed by atoms with E-state index in [1.165, 1.54) is 11.4 Å². The minimum atomic E-state index is -0.508. The number of amides is 1. The number of carbonyl (C=O) groups is 1. The van der Waals surface area contributed by atoms with Crippen LogP contribution in [-0.4, -0.2) is 23.4 Å². The first-order chi connectivity index (χ1) is 8.25. The number of hydrogen-bond donors (Lipinski definition) is 2. The Balaban J connectivity index is 2.78. The van der Waals surface area contributed by atoms with Gasteiger partial charge in [0.2, 0.25) is 0 Å². The fourth-order valence-electron chi connectivity index (χ4n) is 1.41. The molecule has 1 rings (SSSR count). The van der Waals surface area contributed by atoms with Crippen LogP contribution in [0.15, 0.2) is 11.4 Å². The van der Waals surface area contributed by atoms with E-state index in [2.05, 4.69) is 5.32 Å². The Morgan fingerprint density at radius 2 is 2.22 bits per heavy atom. The van der Waals surface area contributed by atoms with Crippen molar-refractivity contribution in [1.29, 1.82) is 0 Å². The standard InChI is InChI=1S/C11H17N3O3S/c1-11(2,3)8(5-12)13-10(15)7-4-9(14(16)17)18-6-7/h4,6,8H,5,12H2,1-3H3,(H,13,15). The summed E-state index contributed by atoms with van der Waals surface area (Å²) in [4.78, 5) is 21.9. The van der Waals surface area contributed by atoms with E-state index >= 15 is 0 Å². The van der Waals surface area contributed by atoms with Gasteiger partial charge < -0.3 is 11.1 Å². The van der Waals surface area contributed by atoms with E-state index in [4.69, 9.17) is 5.73 Å². The minimum Gasteiger partial charge on any atom is -0.347 e. The van der Waals surface area contributed by atoms with Gasteiger partial charge in [-0.05, 0) is 5.41 Å². The molecule has 0 radical (unpaired) electrons. The Morgan fingerprint density at radius 1 is 1.61 bits per heavy atom. The van der Waals surface area contributed by atoms with Gasteiger partial charge in [-0.1, -0.05) is 32.1 Å². The summed E-state index contributed by atoms with van der Waals surface area (Å²) in [7, 11) is 0. The summed E-state index contributed by atoms with van der Waals surface area (Å²) in [5.74, 6) is -0.329. The molecule has 7 heteroatoms. The molecule has 0 spiro atoms. The summed E-state index contributed by atoms with van der Waals surface area (Å²) in [6.45, 7) is 6.24. The van der Waals surface area contributed by atoms with Crippen molar-refractivity contribution in [2.45, 2.75) is 26.8 Å². The SMILES string of the molecule is CC(C)(C)C(CN)NC(=O)c1csc([N+](=O)[O-])c1. The van der Waals surface area contributed by atoms with Crippen LogP contribution in [-0.2, 0) is 0 Å². The molecule has 6 nitrogen and oxygen atoms in total. The predicted octanol–water partition coefficient (Wildman–Crippen LogP) is 1.76. The van der Waals surface area contributed by atoms with Crippen molar-refractivity contribution >= 4 is 22.2 Å². The van der Waals surface area contributed by atoms with E-state index in [1.54, 1.807) is 0 Å². The van der Waals surface area contributed by atoms with Crippen LogP contribution >= 0.6 is 11.3 Å². The Kier molecular flexibility index (Phi) is 4.42. The molecule has 0 aliphatic carbocycles. The monoisotopic (exact) mass is 271 g/mol. The number of nitrogens with one attached hydrogen (secondary N) is 1. The van der Waals surface area contributed by atoms with Gasteiger partial charge >= 0.3 is 5.00 Å². The highest BCUT2D eigenvalue weighted by atomic mass is 32.1. The van der Waals surface area contributed by atoms with E-state index in [1.807, 2.05) is 20.8 Å². The molecule has 3 N–H and O–H groups in total. The summed E-state index contributed by atoms with van der Waals surface area (Å²) >= 11 is 0.937. The molecule has 0 aliphatic heterocycles. The molecule has 0 aliphatic rings. The van der Waals surface area contributed by atoms with E-state index in [0.717, 1.165) is 11.3 Å². The van der Waals surface area contributed by atoms with Crippen molar-refractivity contribution in [3.05, 3.63) is 27.1 Å². The molecule has 1 atom stereocenters. The number of nitro groups is 1. The third kappa shape index (κ3) is 3.51. The molecular formula is C11H17N3O3S. The average Bonchev–Trinajstić information content (AvgIpc) is 2.73. The van der Waals surface area contributed by atoms with Crippen LogP contribution < -0.4 is 11.1 Å². The Morgan fingerprint density at radius 3 is 2.61 bits per heavy atom. The molecule has 18 heavy (non-hydrogen) atoms. The Bertz CT molecular complexity index is 451. The molecule has 0 saturated carbocycles. The van der Waals surface area contributed by atoms with Gasteiger partial charge in [0, 0.05) is 24.0 Å². The van der Waals surface area contributed by atoms with Gasteiger partial charge in [-0.2, -0.15) is 0 Å². The summed E-state index contributed by atoms with van der Waals surface area (Å²) < 4.78 is 0. The van der Waals surface area contributed by atoms with Crippen molar-refractivity contribution < 1.29 is 9.72 Å². The fraction of sp³-hybridized carbons (Fsp3) is 0.545. The lowest BCUT2D eigenvalue weighted by atomic mass is 9.86. The predicted molar refractivity (Wildman–Crippen MR) is 70.7 cm³/mol. The maximum Gasteiger partial charge on any atom is 0.324 e. The summed E-state index contributed by atoms with van der Waals surface area (Å²) in [6.07, 6.45) is 0. The van der Waals surface area contributed by atoms with E-state index in [-0.39, 0.29) is 22.4 Å². The van der Waals surface area contributed by atoms with Gasteiger partial charge in [0.15, 0.2) is 0 Å². The first-order valence-electron chi connectivity index (χ1n) is 5.49. The second-order valence-electron chi connectivity index (χ2n) is 5.06. The lowest BCUT2D eigenvalue weighted by Gasteiger charge is -2.30. The quantitative estimate of drug-likeness (QED) is 0.644. The van der Waals surface area contributed by atoms with Gasteiger partial charge in [-0.15, -0.1) is 0 Å². The van der Waals surface area contributed by atoms with E-state index in [0.29, 0.717) is 12.1 Å². The number of thiophene rings is 1. The molecule has 1 amide bonds. The Labute approximate surface area is 109 Å². The highest BCUT2D eigenvalue weighted by molar-refractivity contribution is 7.13. The lowest BCUT2D eigenvalue weighted by Crippen LogP contribution is -2.48. The van der Waals surface area contributed by atoms with Crippen LogP contribution in [0.25, 0.3) is 0 Å². The maximum atomic E-state index is 11.9. The van der Waals surface area contributed by atoms with Gasteiger partial charge in [0.05, 0.1) is 10.5 Å². The van der Waals surface area contributed by atoms with Crippen molar-refractivity contribution in [2.75, 3.05) is 6.54 Å². The lowest BCUT2D eigenvalue weighted by molar-refractivity contribution is -0.380. The fourth-order valence-corrected chi connectivity index (χ4v) is 2.11. The highest BCUT2D eigenvalue weighted by Gasteiger charge is 2.26. The molecular weight excluding hydrogens is 254 g/mol. The molecule has 100 valence electrons. The average molecular weight is 271 g/mol. The van der Waals surface area contributed by atoms with Gasteiger partial charge in [-0.25, -0.2) is 0 Å². The van der Waals surface area contributed by atoms with Crippen LogP contribution in [0.1, 0.15) is 31.1 Å². The second-order valence-corrected chi connectivity index (χ2v) is 5.95.